The van der Waals surface area contributed by atoms with E-state index in [4.69, 9.17) is 0 Å². The summed E-state index contributed by atoms with van der Waals surface area (Å²) >= 11 is 0. The summed E-state index contributed by atoms with van der Waals surface area (Å²) < 4.78 is 36.5. The van der Waals surface area contributed by atoms with E-state index in [0.717, 1.165) is 13.0 Å². The highest BCUT2D eigenvalue weighted by Gasteiger charge is 2.30. The van der Waals surface area contributed by atoms with Crippen molar-refractivity contribution in [2.45, 2.75) is 59.2 Å². The van der Waals surface area contributed by atoms with Crippen molar-refractivity contribution < 1.29 is 13.2 Å². The second kappa shape index (κ2) is 5.89. The van der Waals surface area contributed by atoms with Crippen molar-refractivity contribution in [3.63, 3.8) is 0 Å². The van der Waals surface area contributed by atoms with E-state index < -0.39 is 12.6 Å². The van der Waals surface area contributed by atoms with E-state index in [1.54, 1.807) is 0 Å². The predicted molar refractivity (Wildman–Crippen MR) is 61.5 cm³/mol. The number of alkyl halides is 3. The van der Waals surface area contributed by atoms with Crippen LogP contribution < -0.4 is 0 Å². The van der Waals surface area contributed by atoms with Gasteiger partial charge in [0.15, 0.2) is 0 Å². The van der Waals surface area contributed by atoms with Gasteiger partial charge in [-0.05, 0) is 39.7 Å². The molecule has 0 saturated heterocycles. The first-order valence-corrected chi connectivity index (χ1v) is 5.84. The first kappa shape index (κ1) is 15.8. The third-order valence-corrected chi connectivity index (χ3v) is 2.59. The molecule has 98 valence electrons. The molecule has 0 amide bonds. The molecule has 0 aromatic rings. The highest BCUT2D eigenvalue weighted by Crippen LogP contribution is 2.23. The maximum atomic E-state index is 12.2. The number of hydrogen-bond acceptors (Lipinski definition) is 1. The average Bonchev–Trinajstić information content (AvgIpc) is 1.98. The second-order valence-corrected chi connectivity index (χ2v) is 5.71. The zero-order valence-electron chi connectivity index (χ0n) is 11.0. The van der Waals surface area contributed by atoms with Crippen molar-refractivity contribution in [3.05, 3.63) is 0 Å². The lowest BCUT2D eigenvalue weighted by atomic mass is 10.0. The lowest BCUT2D eigenvalue weighted by Crippen LogP contribution is -2.44. The molecule has 16 heavy (non-hydrogen) atoms. The zero-order valence-corrected chi connectivity index (χ0v) is 11.0. The van der Waals surface area contributed by atoms with Crippen LogP contribution in [-0.2, 0) is 0 Å². The molecule has 0 rings (SSSR count). The molecule has 0 radical (unpaired) electrons. The first-order valence-electron chi connectivity index (χ1n) is 5.84. The lowest BCUT2D eigenvalue weighted by Gasteiger charge is -2.36. The Morgan fingerprint density at radius 2 is 1.50 bits per heavy atom. The Labute approximate surface area is 97.0 Å². The quantitative estimate of drug-likeness (QED) is 0.698. The van der Waals surface area contributed by atoms with Crippen molar-refractivity contribution >= 4 is 0 Å². The van der Waals surface area contributed by atoms with Crippen LogP contribution in [0.25, 0.3) is 0 Å². The lowest BCUT2D eigenvalue weighted by molar-refractivity contribution is -0.140. The molecule has 0 aromatic carbocycles. The molecule has 0 fully saturated rings. The van der Waals surface area contributed by atoms with Crippen LogP contribution >= 0.6 is 0 Å². The number of hydrogen-bond donors (Lipinski definition) is 0. The summed E-state index contributed by atoms with van der Waals surface area (Å²) in [4.78, 5) is 1.92. The van der Waals surface area contributed by atoms with E-state index in [0.29, 0.717) is 5.92 Å². The van der Waals surface area contributed by atoms with E-state index in [9.17, 15) is 13.2 Å². The Balaban J connectivity index is 4.23. The van der Waals surface area contributed by atoms with Gasteiger partial charge in [-0.1, -0.05) is 13.8 Å². The van der Waals surface area contributed by atoms with Crippen LogP contribution in [0.4, 0.5) is 13.2 Å². The van der Waals surface area contributed by atoms with Crippen molar-refractivity contribution in [2.24, 2.45) is 5.92 Å². The van der Waals surface area contributed by atoms with Gasteiger partial charge in [-0.2, -0.15) is 13.2 Å². The summed E-state index contributed by atoms with van der Waals surface area (Å²) in [6.45, 7) is 10.9. The number of rotatable bonds is 5. The highest BCUT2D eigenvalue weighted by atomic mass is 19.4. The van der Waals surface area contributed by atoms with E-state index >= 15 is 0 Å². The van der Waals surface area contributed by atoms with Gasteiger partial charge in [-0.25, -0.2) is 0 Å². The van der Waals surface area contributed by atoms with Gasteiger partial charge in [0.1, 0.15) is 0 Å². The van der Waals surface area contributed by atoms with Crippen molar-refractivity contribution in [1.82, 2.24) is 4.90 Å². The molecule has 0 bridgehead atoms. The minimum Gasteiger partial charge on any atom is -0.298 e. The van der Waals surface area contributed by atoms with Crippen LogP contribution in [0, 0.1) is 5.92 Å². The van der Waals surface area contributed by atoms with Gasteiger partial charge in [-0.3, -0.25) is 4.90 Å². The fraction of sp³-hybridized carbons (Fsp3) is 1.00. The molecule has 0 aliphatic rings. The third-order valence-electron chi connectivity index (χ3n) is 2.59. The van der Waals surface area contributed by atoms with E-state index in [1.165, 1.54) is 0 Å². The topological polar surface area (TPSA) is 3.24 Å². The molecule has 4 heteroatoms. The Morgan fingerprint density at radius 1 is 1.00 bits per heavy atom. The molecule has 0 heterocycles. The Hall–Kier alpha value is -0.250. The molecule has 0 spiro atoms. The molecule has 0 aliphatic heterocycles. The summed E-state index contributed by atoms with van der Waals surface area (Å²) in [6, 6.07) is 0. The molecule has 0 aromatic heterocycles. The van der Waals surface area contributed by atoms with Crippen LogP contribution in [0.1, 0.15) is 47.5 Å². The normalized spacial score (nSPS) is 13.9. The summed E-state index contributed by atoms with van der Waals surface area (Å²) in [5, 5.41) is 0. The summed E-state index contributed by atoms with van der Waals surface area (Å²) in [6.07, 6.45) is -3.83. The van der Waals surface area contributed by atoms with Crippen molar-refractivity contribution in [2.75, 3.05) is 13.1 Å². The minimum atomic E-state index is -4.05. The number of nitrogens with zero attached hydrogens (tertiary/aromatic N) is 1. The SMILES string of the molecule is CC(C)CCN(CCC(F)(F)F)C(C)(C)C. The van der Waals surface area contributed by atoms with Gasteiger partial charge >= 0.3 is 6.18 Å². The maximum Gasteiger partial charge on any atom is 0.390 e. The largest absolute Gasteiger partial charge is 0.390 e. The van der Waals surface area contributed by atoms with Gasteiger partial charge < -0.3 is 0 Å². The molecular weight excluding hydrogens is 215 g/mol. The van der Waals surface area contributed by atoms with Gasteiger partial charge in [0.25, 0.3) is 0 Å². The zero-order chi connectivity index (χ0) is 13.0. The smallest absolute Gasteiger partial charge is 0.298 e. The third kappa shape index (κ3) is 7.97. The van der Waals surface area contributed by atoms with Crippen LogP contribution in [0.2, 0.25) is 0 Å². The molecule has 0 unspecified atom stereocenters. The molecule has 0 aliphatic carbocycles. The van der Waals surface area contributed by atoms with Crippen molar-refractivity contribution in [3.8, 4) is 0 Å². The Bertz CT molecular complexity index is 191. The van der Waals surface area contributed by atoms with E-state index in [-0.39, 0.29) is 12.1 Å². The monoisotopic (exact) mass is 239 g/mol. The molecular formula is C12H24F3N. The van der Waals surface area contributed by atoms with Gasteiger partial charge in [0.05, 0.1) is 6.42 Å². The van der Waals surface area contributed by atoms with E-state index in [2.05, 4.69) is 13.8 Å². The second-order valence-electron chi connectivity index (χ2n) is 5.71. The average molecular weight is 239 g/mol. The highest BCUT2D eigenvalue weighted by molar-refractivity contribution is 4.77. The minimum absolute atomic E-state index is 0.0969. The fourth-order valence-corrected chi connectivity index (χ4v) is 1.46. The Morgan fingerprint density at radius 3 is 1.81 bits per heavy atom. The Kier molecular flexibility index (Phi) is 5.80. The molecule has 1 nitrogen and oxygen atoms in total. The van der Waals surface area contributed by atoms with Crippen LogP contribution in [0.3, 0.4) is 0 Å². The van der Waals surface area contributed by atoms with E-state index in [1.807, 2.05) is 25.7 Å². The summed E-state index contributed by atoms with van der Waals surface area (Å²) in [5.74, 6) is 0.524. The number of halogens is 3. The van der Waals surface area contributed by atoms with Crippen LogP contribution in [0.15, 0.2) is 0 Å². The molecule has 0 atom stereocenters. The predicted octanol–water partition coefficient (Wildman–Crippen LogP) is 4.09. The van der Waals surface area contributed by atoms with Gasteiger partial charge in [0.2, 0.25) is 0 Å². The summed E-state index contributed by atoms with van der Waals surface area (Å²) in [5.41, 5.74) is -0.194. The first-order chi connectivity index (χ1) is 7.02. The van der Waals surface area contributed by atoms with Gasteiger partial charge in [0, 0.05) is 12.1 Å². The van der Waals surface area contributed by atoms with Gasteiger partial charge in [-0.15, -0.1) is 0 Å². The standard InChI is InChI=1S/C12H24F3N/c1-10(2)6-8-16(11(3,4)5)9-7-12(13,14)15/h10H,6-9H2,1-5H3. The van der Waals surface area contributed by atoms with Crippen molar-refractivity contribution in [1.29, 1.82) is 0 Å². The van der Waals surface area contributed by atoms with Crippen LogP contribution in [0.5, 0.6) is 0 Å². The van der Waals surface area contributed by atoms with Crippen LogP contribution in [-0.4, -0.2) is 29.7 Å². The summed E-state index contributed by atoms with van der Waals surface area (Å²) in [7, 11) is 0. The maximum absolute atomic E-state index is 12.2. The molecule has 0 N–H and O–H groups in total. The fourth-order valence-electron chi connectivity index (χ4n) is 1.46. The molecule has 0 saturated carbocycles.